The quantitative estimate of drug-likeness (QED) is 0.838. The van der Waals surface area contributed by atoms with E-state index in [1.54, 1.807) is 18.2 Å². The Hall–Kier alpha value is -1.43. The van der Waals surface area contributed by atoms with Gasteiger partial charge in [-0.05, 0) is 30.5 Å². The van der Waals surface area contributed by atoms with E-state index in [2.05, 4.69) is 0 Å². The lowest BCUT2D eigenvalue weighted by molar-refractivity contribution is -0.139. The fourth-order valence-corrected chi connectivity index (χ4v) is 1.68. The molecule has 0 spiro atoms. The zero-order valence-corrected chi connectivity index (χ0v) is 11.7. The van der Waals surface area contributed by atoms with E-state index >= 15 is 0 Å². The van der Waals surface area contributed by atoms with Gasteiger partial charge in [-0.15, -0.1) is 0 Å². The second-order valence-electron chi connectivity index (χ2n) is 4.57. The Balaban J connectivity index is 2.68. The lowest BCUT2D eigenvalue weighted by Gasteiger charge is -2.14. The van der Waals surface area contributed by atoms with Crippen LogP contribution in [0.2, 0.25) is 0 Å². The van der Waals surface area contributed by atoms with Crippen LogP contribution in [0, 0.1) is 0 Å². The van der Waals surface area contributed by atoms with E-state index in [9.17, 15) is 13.2 Å². The topological polar surface area (TPSA) is 44.5 Å². The van der Waals surface area contributed by atoms with Gasteiger partial charge in [-0.25, -0.2) is 0 Å². The lowest BCUT2D eigenvalue weighted by atomic mass is 10.0. The zero-order valence-electron chi connectivity index (χ0n) is 11.7. The zero-order chi connectivity index (χ0) is 15.2. The Morgan fingerprint density at radius 3 is 2.50 bits per heavy atom. The molecule has 0 aromatic heterocycles. The summed E-state index contributed by atoms with van der Waals surface area (Å²) in [6, 6.07) is 5.21. The molecular weight excluding hydrogens is 271 g/mol. The summed E-state index contributed by atoms with van der Waals surface area (Å²) in [6.07, 6.45) is -3.67. The van der Waals surface area contributed by atoms with Crippen molar-refractivity contribution < 1.29 is 22.6 Å². The van der Waals surface area contributed by atoms with Crippen LogP contribution in [0.5, 0.6) is 11.5 Å². The molecule has 0 heterocycles. The molecular formula is C14H20F3NO2. The summed E-state index contributed by atoms with van der Waals surface area (Å²) < 4.78 is 46.4. The number of methoxy groups -OCH3 is 1. The Morgan fingerprint density at radius 1 is 1.25 bits per heavy atom. The molecule has 2 N–H and O–H groups in total. The lowest BCUT2D eigenvalue weighted by Crippen LogP contribution is -2.21. The molecule has 1 aromatic rings. The van der Waals surface area contributed by atoms with Gasteiger partial charge in [0.2, 0.25) is 0 Å². The van der Waals surface area contributed by atoms with Crippen LogP contribution < -0.4 is 15.2 Å². The third kappa shape index (κ3) is 5.69. The highest BCUT2D eigenvalue weighted by molar-refractivity contribution is 5.43. The van der Waals surface area contributed by atoms with Gasteiger partial charge >= 0.3 is 6.18 Å². The SMILES string of the molecule is CCC(N)Cc1ccc(OCCC(F)(F)F)c(OC)c1. The average Bonchev–Trinajstić information content (AvgIpc) is 2.38. The van der Waals surface area contributed by atoms with Crippen molar-refractivity contribution in [3.8, 4) is 11.5 Å². The van der Waals surface area contributed by atoms with E-state index in [1.807, 2.05) is 6.92 Å². The summed E-state index contributed by atoms with van der Waals surface area (Å²) in [4.78, 5) is 0. The van der Waals surface area contributed by atoms with Gasteiger partial charge in [0.25, 0.3) is 0 Å². The van der Waals surface area contributed by atoms with Crippen molar-refractivity contribution in [2.75, 3.05) is 13.7 Å². The molecule has 0 radical (unpaired) electrons. The number of benzene rings is 1. The second kappa shape index (κ2) is 7.38. The van der Waals surface area contributed by atoms with E-state index in [0.29, 0.717) is 17.9 Å². The highest BCUT2D eigenvalue weighted by atomic mass is 19.4. The fourth-order valence-electron chi connectivity index (χ4n) is 1.68. The van der Waals surface area contributed by atoms with Crippen LogP contribution in [0.4, 0.5) is 13.2 Å². The maximum absolute atomic E-state index is 12.1. The first kappa shape index (κ1) is 16.6. The van der Waals surface area contributed by atoms with Gasteiger partial charge in [-0.3, -0.25) is 0 Å². The van der Waals surface area contributed by atoms with Crippen LogP contribution in [0.25, 0.3) is 0 Å². The maximum atomic E-state index is 12.1. The van der Waals surface area contributed by atoms with Crippen molar-refractivity contribution in [1.82, 2.24) is 0 Å². The number of halogens is 3. The molecule has 0 aliphatic carbocycles. The molecule has 0 fully saturated rings. The van der Waals surface area contributed by atoms with Gasteiger partial charge in [-0.1, -0.05) is 13.0 Å². The molecule has 1 rings (SSSR count). The molecule has 20 heavy (non-hydrogen) atoms. The third-order valence-electron chi connectivity index (χ3n) is 2.89. The summed E-state index contributed by atoms with van der Waals surface area (Å²) >= 11 is 0. The van der Waals surface area contributed by atoms with Crippen LogP contribution in [0.15, 0.2) is 18.2 Å². The van der Waals surface area contributed by atoms with Crippen molar-refractivity contribution in [3.63, 3.8) is 0 Å². The van der Waals surface area contributed by atoms with Gasteiger partial charge in [0.1, 0.15) is 0 Å². The summed E-state index contributed by atoms with van der Waals surface area (Å²) in [5.41, 5.74) is 6.84. The van der Waals surface area contributed by atoms with Crippen LogP contribution in [-0.4, -0.2) is 25.9 Å². The maximum Gasteiger partial charge on any atom is 0.392 e. The molecule has 1 unspecified atom stereocenters. The Kier molecular flexibility index (Phi) is 6.13. The minimum Gasteiger partial charge on any atom is -0.493 e. The van der Waals surface area contributed by atoms with E-state index < -0.39 is 19.2 Å². The van der Waals surface area contributed by atoms with E-state index in [0.717, 1.165) is 12.0 Å². The monoisotopic (exact) mass is 291 g/mol. The van der Waals surface area contributed by atoms with E-state index in [4.69, 9.17) is 15.2 Å². The third-order valence-corrected chi connectivity index (χ3v) is 2.89. The number of nitrogens with two attached hydrogens (primary N) is 1. The fraction of sp³-hybridized carbons (Fsp3) is 0.571. The molecule has 1 aromatic carbocycles. The van der Waals surface area contributed by atoms with Crippen LogP contribution in [0.3, 0.4) is 0 Å². The number of hydrogen-bond acceptors (Lipinski definition) is 3. The average molecular weight is 291 g/mol. The number of rotatable bonds is 7. The van der Waals surface area contributed by atoms with E-state index in [1.165, 1.54) is 7.11 Å². The minimum absolute atomic E-state index is 0.0525. The number of alkyl halides is 3. The van der Waals surface area contributed by atoms with Crippen molar-refractivity contribution in [2.45, 2.75) is 38.4 Å². The molecule has 0 aliphatic rings. The standard InChI is InChI=1S/C14H20F3NO2/c1-3-11(18)8-10-4-5-12(13(9-10)19-2)20-7-6-14(15,16)17/h4-5,9,11H,3,6-8,18H2,1-2H3. The highest BCUT2D eigenvalue weighted by Crippen LogP contribution is 2.29. The van der Waals surface area contributed by atoms with Gasteiger partial charge in [0.15, 0.2) is 11.5 Å². The van der Waals surface area contributed by atoms with Crippen LogP contribution in [-0.2, 0) is 6.42 Å². The summed E-state index contributed by atoms with van der Waals surface area (Å²) in [5.74, 6) is 0.735. The van der Waals surface area contributed by atoms with Crippen LogP contribution in [0.1, 0.15) is 25.3 Å². The van der Waals surface area contributed by atoms with Crippen molar-refractivity contribution >= 4 is 0 Å². The van der Waals surface area contributed by atoms with Gasteiger partial charge in [-0.2, -0.15) is 13.2 Å². The molecule has 6 heteroatoms. The molecule has 0 bridgehead atoms. The molecule has 0 amide bonds. The van der Waals surface area contributed by atoms with E-state index in [-0.39, 0.29) is 6.04 Å². The molecule has 1 atom stereocenters. The second-order valence-corrected chi connectivity index (χ2v) is 4.57. The van der Waals surface area contributed by atoms with Gasteiger partial charge in [0, 0.05) is 6.04 Å². The van der Waals surface area contributed by atoms with Crippen LogP contribution >= 0.6 is 0 Å². The molecule has 0 aliphatic heterocycles. The highest BCUT2D eigenvalue weighted by Gasteiger charge is 2.27. The largest absolute Gasteiger partial charge is 0.493 e. The first-order chi connectivity index (χ1) is 9.35. The number of ether oxygens (including phenoxy) is 2. The molecule has 0 saturated heterocycles. The van der Waals surface area contributed by atoms with Gasteiger partial charge < -0.3 is 15.2 Å². The Labute approximate surface area is 116 Å². The molecule has 3 nitrogen and oxygen atoms in total. The van der Waals surface area contributed by atoms with Crippen molar-refractivity contribution in [1.29, 1.82) is 0 Å². The summed E-state index contributed by atoms with van der Waals surface area (Å²) in [7, 11) is 1.45. The predicted molar refractivity (Wildman–Crippen MR) is 71.1 cm³/mol. The normalized spacial score (nSPS) is 13.1. The van der Waals surface area contributed by atoms with Crippen molar-refractivity contribution in [2.24, 2.45) is 5.73 Å². The first-order valence-electron chi connectivity index (χ1n) is 6.47. The van der Waals surface area contributed by atoms with Gasteiger partial charge in [0.05, 0.1) is 20.1 Å². The minimum atomic E-state index is -4.22. The Morgan fingerprint density at radius 2 is 1.95 bits per heavy atom. The predicted octanol–water partition coefficient (Wildman–Crippen LogP) is 3.31. The first-order valence-corrected chi connectivity index (χ1v) is 6.47. The summed E-state index contributed by atoms with van der Waals surface area (Å²) in [5, 5.41) is 0. The Bertz CT molecular complexity index is 421. The van der Waals surface area contributed by atoms with Crippen molar-refractivity contribution in [3.05, 3.63) is 23.8 Å². The smallest absolute Gasteiger partial charge is 0.392 e. The molecule has 114 valence electrons. The molecule has 0 saturated carbocycles. The summed E-state index contributed by atoms with van der Waals surface area (Å²) in [6.45, 7) is 1.57. The number of hydrogen-bond donors (Lipinski definition) is 1.